The van der Waals surface area contributed by atoms with E-state index >= 15 is 0 Å². The van der Waals surface area contributed by atoms with Gasteiger partial charge in [0.2, 0.25) is 0 Å². The quantitative estimate of drug-likeness (QED) is 0.802. The van der Waals surface area contributed by atoms with Gasteiger partial charge in [0, 0.05) is 4.47 Å². The maximum absolute atomic E-state index is 4.89. The molecule has 0 bridgehead atoms. The lowest BCUT2D eigenvalue weighted by molar-refractivity contribution is 0.124. The lowest BCUT2D eigenvalue weighted by atomic mass is 10.2. The summed E-state index contributed by atoms with van der Waals surface area (Å²) < 4.78 is 1.06. The van der Waals surface area contributed by atoms with Gasteiger partial charge in [-0.2, -0.15) is 0 Å². The van der Waals surface area contributed by atoms with Gasteiger partial charge < -0.3 is 0 Å². The van der Waals surface area contributed by atoms with E-state index in [4.69, 9.17) is 5.90 Å². The number of halogens is 2. The monoisotopic (exact) mass is 237 g/mol. The molecule has 0 saturated heterocycles. The molecule has 4 heteroatoms. The van der Waals surface area contributed by atoms with Gasteiger partial charge in [0.05, 0.1) is 6.61 Å². The molecule has 2 N–H and O–H groups in total. The molecule has 0 aromatic heterocycles. The summed E-state index contributed by atoms with van der Waals surface area (Å²) in [7, 11) is 0. The highest BCUT2D eigenvalue weighted by atomic mass is 79.9. The molecule has 0 fully saturated rings. The SMILES string of the molecule is Cl.NOCc1ccc(Br)cc1. The van der Waals surface area contributed by atoms with Gasteiger partial charge in [-0.25, -0.2) is 5.90 Å². The number of hydrogen-bond acceptors (Lipinski definition) is 2. The molecule has 0 radical (unpaired) electrons. The van der Waals surface area contributed by atoms with Crippen molar-refractivity contribution in [1.82, 2.24) is 0 Å². The number of benzene rings is 1. The van der Waals surface area contributed by atoms with Crippen molar-refractivity contribution in [1.29, 1.82) is 0 Å². The molecule has 62 valence electrons. The second-order valence-electron chi connectivity index (χ2n) is 1.94. The van der Waals surface area contributed by atoms with Crippen LogP contribution < -0.4 is 5.90 Å². The van der Waals surface area contributed by atoms with E-state index in [2.05, 4.69) is 20.8 Å². The molecule has 1 aromatic carbocycles. The fourth-order valence-electron chi connectivity index (χ4n) is 0.677. The molecule has 0 unspecified atom stereocenters. The van der Waals surface area contributed by atoms with E-state index in [0.717, 1.165) is 10.0 Å². The van der Waals surface area contributed by atoms with Crippen LogP contribution in [0.5, 0.6) is 0 Å². The Labute approximate surface area is 80.2 Å². The Balaban J connectivity index is 0.000001000. The third-order valence-corrected chi connectivity index (χ3v) is 1.69. The van der Waals surface area contributed by atoms with E-state index in [1.165, 1.54) is 0 Å². The minimum atomic E-state index is 0. The van der Waals surface area contributed by atoms with Crippen molar-refractivity contribution < 1.29 is 4.84 Å². The molecule has 0 aliphatic rings. The highest BCUT2D eigenvalue weighted by Crippen LogP contribution is 2.10. The van der Waals surface area contributed by atoms with Crippen molar-refractivity contribution in [2.45, 2.75) is 6.61 Å². The average molecular weight is 239 g/mol. The smallest absolute Gasteiger partial charge is 0.0930 e. The highest BCUT2D eigenvalue weighted by Gasteiger charge is 1.89. The van der Waals surface area contributed by atoms with Crippen LogP contribution in [0.3, 0.4) is 0 Å². The Morgan fingerprint density at radius 3 is 2.27 bits per heavy atom. The van der Waals surface area contributed by atoms with E-state index < -0.39 is 0 Å². The second-order valence-corrected chi connectivity index (χ2v) is 2.85. The molecule has 1 aromatic rings. The third kappa shape index (κ3) is 3.72. The molecular formula is C7H9BrClNO. The Morgan fingerprint density at radius 2 is 1.82 bits per heavy atom. The van der Waals surface area contributed by atoms with Gasteiger partial charge >= 0.3 is 0 Å². The molecule has 0 heterocycles. The van der Waals surface area contributed by atoms with Gasteiger partial charge in [-0.15, -0.1) is 12.4 Å². The van der Waals surface area contributed by atoms with Crippen molar-refractivity contribution in [3.8, 4) is 0 Å². The van der Waals surface area contributed by atoms with Gasteiger partial charge in [-0.05, 0) is 17.7 Å². The number of hydrogen-bond donors (Lipinski definition) is 1. The molecule has 1 rings (SSSR count). The first-order valence-electron chi connectivity index (χ1n) is 2.89. The summed E-state index contributed by atoms with van der Waals surface area (Å²) in [6, 6.07) is 7.82. The zero-order chi connectivity index (χ0) is 7.40. The van der Waals surface area contributed by atoms with Crippen molar-refractivity contribution in [2.24, 2.45) is 5.90 Å². The first kappa shape index (κ1) is 10.9. The number of nitrogens with two attached hydrogens (primary N) is 1. The maximum atomic E-state index is 4.89. The minimum absolute atomic E-state index is 0. The molecule has 11 heavy (non-hydrogen) atoms. The van der Waals surface area contributed by atoms with Crippen molar-refractivity contribution in [2.75, 3.05) is 0 Å². The Hall–Kier alpha value is -0.0900. The average Bonchev–Trinajstić information content (AvgIpc) is 1.95. The summed E-state index contributed by atoms with van der Waals surface area (Å²) in [6.45, 7) is 0.466. The van der Waals surface area contributed by atoms with Crippen LogP contribution in [0.2, 0.25) is 0 Å². The zero-order valence-corrected chi connectivity index (χ0v) is 8.19. The molecular weight excluding hydrogens is 229 g/mol. The van der Waals surface area contributed by atoms with Crippen LogP contribution in [0.25, 0.3) is 0 Å². The topological polar surface area (TPSA) is 35.2 Å². The van der Waals surface area contributed by atoms with E-state index in [0.29, 0.717) is 6.61 Å². The first-order valence-corrected chi connectivity index (χ1v) is 3.68. The van der Waals surface area contributed by atoms with Crippen LogP contribution in [-0.2, 0) is 11.4 Å². The van der Waals surface area contributed by atoms with Gasteiger partial charge in [-0.1, -0.05) is 28.1 Å². The van der Waals surface area contributed by atoms with E-state index in [1.807, 2.05) is 24.3 Å². The Kier molecular flexibility index (Phi) is 5.50. The van der Waals surface area contributed by atoms with E-state index in [9.17, 15) is 0 Å². The Morgan fingerprint density at radius 1 is 1.27 bits per heavy atom. The van der Waals surface area contributed by atoms with Gasteiger partial charge in [0.1, 0.15) is 0 Å². The predicted octanol–water partition coefficient (Wildman–Crippen LogP) is 2.26. The summed E-state index contributed by atoms with van der Waals surface area (Å²) in [5.41, 5.74) is 1.07. The standard InChI is InChI=1S/C7H8BrNO.ClH/c8-7-3-1-6(2-4-7)5-10-9;/h1-4H,5,9H2;1H. The van der Waals surface area contributed by atoms with Crippen LogP contribution >= 0.6 is 28.3 Å². The molecule has 0 aliphatic carbocycles. The summed E-state index contributed by atoms with van der Waals surface area (Å²) in [4.78, 5) is 4.45. The van der Waals surface area contributed by atoms with Gasteiger partial charge in [-0.3, -0.25) is 4.84 Å². The van der Waals surface area contributed by atoms with Crippen LogP contribution in [0.4, 0.5) is 0 Å². The van der Waals surface area contributed by atoms with E-state index in [-0.39, 0.29) is 12.4 Å². The fraction of sp³-hybridized carbons (Fsp3) is 0.143. The molecule has 0 amide bonds. The van der Waals surface area contributed by atoms with Crippen LogP contribution in [0.1, 0.15) is 5.56 Å². The summed E-state index contributed by atoms with van der Waals surface area (Å²) in [6.07, 6.45) is 0. The molecule has 0 saturated carbocycles. The van der Waals surface area contributed by atoms with Crippen molar-refractivity contribution in [3.05, 3.63) is 34.3 Å². The Bertz CT molecular complexity index is 202. The summed E-state index contributed by atoms with van der Waals surface area (Å²) >= 11 is 3.32. The zero-order valence-electron chi connectivity index (χ0n) is 5.79. The second kappa shape index (κ2) is 5.55. The summed E-state index contributed by atoms with van der Waals surface area (Å²) in [5, 5.41) is 0. The predicted molar refractivity (Wildman–Crippen MR) is 50.4 cm³/mol. The van der Waals surface area contributed by atoms with Crippen LogP contribution in [0, 0.1) is 0 Å². The summed E-state index contributed by atoms with van der Waals surface area (Å²) in [5.74, 6) is 4.89. The maximum Gasteiger partial charge on any atom is 0.0930 e. The highest BCUT2D eigenvalue weighted by molar-refractivity contribution is 9.10. The van der Waals surface area contributed by atoms with Crippen molar-refractivity contribution in [3.63, 3.8) is 0 Å². The lowest BCUT2D eigenvalue weighted by Gasteiger charge is -1.96. The molecule has 0 spiro atoms. The molecule has 0 atom stereocenters. The van der Waals surface area contributed by atoms with E-state index in [1.54, 1.807) is 0 Å². The van der Waals surface area contributed by atoms with Crippen molar-refractivity contribution >= 4 is 28.3 Å². The van der Waals surface area contributed by atoms with Gasteiger partial charge in [0.25, 0.3) is 0 Å². The van der Waals surface area contributed by atoms with Gasteiger partial charge in [0.15, 0.2) is 0 Å². The first-order chi connectivity index (χ1) is 4.83. The fourth-order valence-corrected chi connectivity index (χ4v) is 0.941. The lowest BCUT2D eigenvalue weighted by Crippen LogP contribution is -1.98. The van der Waals surface area contributed by atoms with Crippen LogP contribution in [0.15, 0.2) is 28.7 Å². The largest absolute Gasteiger partial charge is 0.300 e. The number of rotatable bonds is 2. The minimum Gasteiger partial charge on any atom is -0.300 e. The normalized spacial score (nSPS) is 8.91. The van der Waals surface area contributed by atoms with Crippen LogP contribution in [-0.4, -0.2) is 0 Å². The third-order valence-electron chi connectivity index (χ3n) is 1.16. The molecule has 2 nitrogen and oxygen atoms in total. The molecule has 0 aliphatic heterocycles.